The van der Waals surface area contributed by atoms with Crippen molar-refractivity contribution in [2.45, 2.75) is 70.3 Å². The molecule has 1 aliphatic heterocycles. The van der Waals surface area contributed by atoms with Crippen molar-refractivity contribution in [3.8, 4) is 0 Å². The maximum atomic E-state index is 13.5. The lowest BCUT2D eigenvalue weighted by Gasteiger charge is -2.41. The summed E-state index contributed by atoms with van der Waals surface area (Å²) in [4.78, 5) is 0. The molecule has 0 amide bonds. The van der Waals surface area contributed by atoms with Gasteiger partial charge in [-0.1, -0.05) is 19.8 Å². The predicted molar refractivity (Wildman–Crippen MR) is 83.4 cm³/mol. The zero-order chi connectivity index (χ0) is 15.7. The van der Waals surface area contributed by atoms with Crippen molar-refractivity contribution in [1.82, 2.24) is 0 Å². The number of rotatable bonds is 2. The fourth-order valence-electron chi connectivity index (χ4n) is 4.22. The molecule has 2 atom stereocenters. The summed E-state index contributed by atoms with van der Waals surface area (Å²) in [5, 5.41) is 0. The molecule has 6 heteroatoms. The van der Waals surface area contributed by atoms with Crippen molar-refractivity contribution < 1.29 is 29.5 Å². The molecule has 0 aromatic rings. The third kappa shape index (κ3) is 4.40. The van der Waals surface area contributed by atoms with E-state index >= 15 is 0 Å². The van der Waals surface area contributed by atoms with Crippen LogP contribution in [0.4, 0.5) is 13.2 Å². The first-order valence-corrected chi connectivity index (χ1v) is 8.70. The van der Waals surface area contributed by atoms with Crippen molar-refractivity contribution in [2.24, 2.45) is 23.7 Å². The molecule has 1 heterocycles. The average molecular weight is 340 g/mol. The standard InChI is InChI=1S/C17H27F3O2.H2O.H2/c1-10-2-4-11(5-3-10)13-8-21-17(22-9-13)12-6-14(18)16(20)15(19)7-12;;/h10-17H,2-9H2,1H3;1H2;1H. The third-order valence-electron chi connectivity index (χ3n) is 5.81. The van der Waals surface area contributed by atoms with E-state index in [1.165, 1.54) is 25.7 Å². The van der Waals surface area contributed by atoms with Crippen LogP contribution in [0.2, 0.25) is 0 Å². The molecule has 2 aliphatic carbocycles. The molecule has 2 unspecified atom stereocenters. The van der Waals surface area contributed by atoms with Crippen LogP contribution >= 0.6 is 0 Å². The number of ether oxygens (including phenoxy) is 2. The Balaban J connectivity index is 0.00000144. The minimum absolute atomic E-state index is 0. The molecule has 3 rings (SSSR count). The van der Waals surface area contributed by atoms with E-state index in [-0.39, 0.29) is 25.7 Å². The number of hydrogen-bond acceptors (Lipinski definition) is 2. The van der Waals surface area contributed by atoms with Gasteiger partial charge in [-0.25, -0.2) is 13.2 Å². The fraction of sp³-hybridized carbons (Fsp3) is 1.00. The Labute approximate surface area is 137 Å². The van der Waals surface area contributed by atoms with Gasteiger partial charge in [0.25, 0.3) is 0 Å². The largest absolute Gasteiger partial charge is 0.412 e. The molecule has 2 saturated carbocycles. The molecule has 3 aliphatic rings. The van der Waals surface area contributed by atoms with Crippen LogP contribution in [0.1, 0.15) is 46.9 Å². The molecule has 23 heavy (non-hydrogen) atoms. The Kier molecular flexibility index (Phi) is 6.75. The zero-order valence-corrected chi connectivity index (χ0v) is 13.7. The second kappa shape index (κ2) is 8.17. The summed E-state index contributed by atoms with van der Waals surface area (Å²) < 4.78 is 51.8. The lowest BCUT2D eigenvalue weighted by molar-refractivity contribution is -0.243. The highest BCUT2D eigenvalue weighted by Crippen LogP contribution is 2.39. The highest BCUT2D eigenvalue weighted by molar-refractivity contribution is 4.89. The van der Waals surface area contributed by atoms with Gasteiger partial charge in [0.15, 0.2) is 12.5 Å². The van der Waals surface area contributed by atoms with Crippen LogP contribution in [0.15, 0.2) is 0 Å². The van der Waals surface area contributed by atoms with Crippen LogP contribution in [0.25, 0.3) is 0 Å². The molecular formula is C17H31F3O3. The van der Waals surface area contributed by atoms with Gasteiger partial charge in [0.2, 0.25) is 0 Å². The van der Waals surface area contributed by atoms with E-state index in [0.29, 0.717) is 25.0 Å². The number of halogens is 3. The van der Waals surface area contributed by atoms with E-state index in [2.05, 4.69) is 6.92 Å². The van der Waals surface area contributed by atoms with Crippen LogP contribution in [-0.4, -0.2) is 43.5 Å². The van der Waals surface area contributed by atoms with Crippen LogP contribution in [0.5, 0.6) is 0 Å². The van der Waals surface area contributed by atoms with E-state index < -0.39 is 24.8 Å². The number of hydrogen-bond donors (Lipinski definition) is 0. The molecular weight excluding hydrogens is 309 g/mol. The summed E-state index contributed by atoms with van der Waals surface area (Å²) in [5.41, 5.74) is 0. The molecule has 3 fully saturated rings. The van der Waals surface area contributed by atoms with Gasteiger partial charge in [-0.15, -0.1) is 0 Å². The second-order valence-corrected chi connectivity index (χ2v) is 7.52. The maximum absolute atomic E-state index is 13.5. The molecule has 138 valence electrons. The molecule has 2 N–H and O–H groups in total. The lowest BCUT2D eigenvalue weighted by atomic mass is 9.76. The second-order valence-electron chi connectivity index (χ2n) is 7.52. The van der Waals surface area contributed by atoms with Gasteiger partial charge in [0, 0.05) is 13.3 Å². The molecule has 0 spiro atoms. The zero-order valence-electron chi connectivity index (χ0n) is 13.7. The minimum Gasteiger partial charge on any atom is -0.412 e. The van der Waals surface area contributed by atoms with Crippen molar-refractivity contribution in [3.63, 3.8) is 0 Å². The SMILES string of the molecule is CC1CCC(C2COC(C3CC(F)C(F)C(F)C3)OC2)CC1.O.[HH]. The molecule has 0 aromatic heterocycles. The molecule has 0 bridgehead atoms. The minimum atomic E-state index is -1.99. The summed E-state index contributed by atoms with van der Waals surface area (Å²) in [6.45, 7) is 3.50. The van der Waals surface area contributed by atoms with Gasteiger partial charge < -0.3 is 14.9 Å². The molecule has 3 nitrogen and oxygen atoms in total. The topological polar surface area (TPSA) is 50.0 Å². The van der Waals surface area contributed by atoms with Gasteiger partial charge in [-0.3, -0.25) is 0 Å². The summed E-state index contributed by atoms with van der Waals surface area (Å²) in [6, 6.07) is 0. The van der Waals surface area contributed by atoms with Crippen molar-refractivity contribution in [2.75, 3.05) is 13.2 Å². The molecule has 1 saturated heterocycles. The highest BCUT2D eigenvalue weighted by atomic mass is 19.2. The van der Waals surface area contributed by atoms with Gasteiger partial charge in [0.1, 0.15) is 12.3 Å². The molecule has 0 aromatic carbocycles. The first-order chi connectivity index (χ1) is 10.5. The van der Waals surface area contributed by atoms with Crippen molar-refractivity contribution in [1.29, 1.82) is 0 Å². The Morgan fingerprint density at radius 3 is 1.83 bits per heavy atom. The van der Waals surface area contributed by atoms with Gasteiger partial charge in [0.05, 0.1) is 13.2 Å². The number of alkyl halides is 3. The van der Waals surface area contributed by atoms with Gasteiger partial charge in [-0.2, -0.15) is 0 Å². The monoisotopic (exact) mass is 340 g/mol. The van der Waals surface area contributed by atoms with E-state index in [4.69, 9.17) is 9.47 Å². The normalized spacial score (nSPS) is 48.5. The Morgan fingerprint density at radius 1 is 0.783 bits per heavy atom. The van der Waals surface area contributed by atoms with Crippen LogP contribution in [0.3, 0.4) is 0 Å². The Bertz CT molecular complexity index is 349. The van der Waals surface area contributed by atoms with Gasteiger partial charge >= 0.3 is 0 Å². The van der Waals surface area contributed by atoms with E-state index in [1.807, 2.05) is 0 Å². The quantitative estimate of drug-likeness (QED) is 0.770. The molecule has 0 radical (unpaired) electrons. The van der Waals surface area contributed by atoms with Gasteiger partial charge in [-0.05, 0) is 37.5 Å². The van der Waals surface area contributed by atoms with E-state index in [9.17, 15) is 13.2 Å². The summed E-state index contributed by atoms with van der Waals surface area (Å²) in [7, 11) is 0. The Hall–Kier alpha value is -0.330. The van der Waals surface area contributed by atoms with Crippen molar-refractivity contribution >= 4 is 0 Å². The van der Waals surface area contributed by atoms with Crippen LogP contribution in [-0.2, 0) is 9.47 Å². The van der Waals surface area contributed by atoms with E-state index in [1.54, 1.807) is 0 Å². The smallest absolute Gasteiger partial charge is 0.162 e. The summed E-state index contributed by atoms with van der Waals surface area (Å²) in [5.74, 6) is 1.47. The van der Waals surface area contributed by atoms with Crippen LogP contribution < -0.4 is 0 Å². The first kappa shape index (κ1) is 19.0. The predicted octanol–water partition coefficient (Wildman–Crippen LogP) is 3.65. The fourth-order valence-corrected chi connectivity index (χ4v) is 4.22. The summed E-state index contributed by atoms with van der Waals surface area (Å²) >= 11 is 0. The van der Waals surface area contributed by atoms with Crippen LogP contribution in [0, 0.1) is 23.7 Å². The highest BCUT2D eigenvalue weighted by Gasteiger charge is 2.43. The summed E-state index contributed by atoms with van der Waals surface area (Å²) in [6.07, 6.45) is -1.08. The Morgan fingerprint density at radius 2 is 1.30 bits per heavy atom. The maximum Gasteiger partial charge on any atom is 0.162 e. The van der Waals surface area contributed by atoms with E-state index in [0.717, 1.165) is 5.92 Å². The van der Waals surface area contributed by atoms with Crippen molar-refractivity contribution in [3.05, 3.63) is 0 Å². The first-order valence-electron chi connectivity index (χ1n) is 8.70. The third-order valence-corrected chi connectivity index (χ3v) is 5.81. The average Bonchev–Trinajstić information content (AvgIpc) is 2.53. The lowest BCUT2D eigenvalue weighted by Crippen LogP contribution is -2.46.